The smallest absolute Gasteiger partial charge is 0.246 e. The summed E-state index contributed by atoms with van der Waals surface area (Å²) in [5.41, 5.74) is 1.91. The lowest BCUT2D eigenvalue weighted by molar-refractivity contribution is -0.127. The molecule has 1 saturated heterocycles. The zero-order valence-electron chi connectivity index (χ0n) is 17.8. The van der Waals surface area contributed by atoms with Gasteiger partial charge in [0.1, 0.15) is 4.34 Å². The van der Waals surface area contributed by atoms with Crippen LogP contribution >= 0.6 is 23.1 Å². The average molecular weight is 449 g/mol. The van der Waals surface area contributed by atoms with E-state index in [0.29, 0.717) is 23.2 Å². The largest absolute Gasteiger partial charge is 0.493 e. The number of methoxy groups -OCH3 is 3. The van der Waals surface area contributed by atoms with Crippen LogP contribution in [0.3, 0.4) is 0 Å². The first-order chi connectivity index (χ1) is 14.5. The van der Waals surface area contributed by atoms with E-state index in [1.54, 1.807) is 44.8 Å². The molecule has 0 saturated carbocycles. The highest BCUT2D eigenvalue weighted by molar-refractivity contribution is 8.01. The van der Waals surface area contributed by atoms with Crippen molar-refractivity contribution in [1.82, 2.24) is 9.88 Å². The zero-order valence-corrected chi connectivity index (χ0v) is 19.5. The van der Waals surface area contributed by atoms with Gasteiger partial charge >= 0.3 is 0 Å². The van der Waals surface area contributed by atoms with Crippen molar-refractivity contribution in [3.05, 3.63) is 34.8 Å². The maximum absolute atomic E-state index is 12.6. The van der Waals surface area contributed by atoms with Crippen molar-refractivity contribution in [2.75, 3.05) is 40.2 Å². The van der Waals surface area contributed by atoms with Crippen molar-refractivity contribution in [2.45, 2.75) is 24.1 Å². The van der Waals surface area contributed by atoms with Gasteiger partial charge < -0.3 is 19.1 Å². The molecule has 0 unspecified atom stereocenters. The Balaban J connectivity index is 1.53. The summed E-state index contributed by atoms with van der Waals surface area (Å²) in [6.07, 6.45) is 5.47. The minimum atomic E-state index is 0.0328. The molecule has 2 heterocycles. The molecule has 1 aromatic heterocycles. The maximum atomic E-state index is 12.6. The van der Waals surface area contributed by atoms with Gasteiger partial charge in [-0.15, -0.1) is 11.3 Å². The number of carbonyl (C=O) groups is 1. The average Bonchev–Trinajstić information content (AvgIpc) is 3.20. The quantitative estimate of drug-likeness (QED) is 0.437. The molecular weight excluding hydrogens is 420 g/mol. The monoisotopic (exact) mass is 448 g/mol. The van der Waals surface area contributed by atoms with Gasteiger partial charge in [-0.1, -0.05) is 11.8 Å². The van der Waals surface area contributed by atoms with Gasteiger partial charge in [-0.3, -0.25) is 4.79 Å². The number of hydrogen-bond donors (Lipinski definition) is 0. The number of aromatic nitrogens is 1. The van der Waals surface area contributed by atoms with E-state index in [9.17, 15) is 4.79 Å². The molecule has 3 rings (SSSR count). The lowest BCUT2D eigenvalue weighted by Crippen LogP contribution is -2.38. The molecule has 0 N–H and O–H groups in total. The number of amides is 1. The van der Waals surface area contributed by atoms with Crippen molar-refractivity contribution >= 4 is 35.1 Å². The Bertz CT molecular complexity index is 864. The van der Waals surface area contributed by atoms with Crippen LogP contribution in [0.1, 0.15) is 24.1 Å². The normalized spacial score (nSPS) is 14.9. The zero-order chi connectivity index (χ0) is 21.5. The molecular formula is C22H28N2O4S2. The van der Waals surface area contributed by atoms with E-state index in [4.69, 9.17) is 14.2 Å². The SMILES string of the molecule is COc1cc(C=CC(=O)N2CCC(CSc3nc(C)cs3)CC2)cc(OC)c1OC. The van der Waals surface area contributed by atoms with Gasteiger partial charge in [-0.2, -0.15) is 0 Å². The Morgan fingerprint density at radius 1 is 1.20 bits per heavy atom. The van der Waals surface area contributed by atoms with Crippen LogP contribution in [-0.4, -0.2) is 56.0 Å². The number of piperidine rings is 1. The molecule has 8 heteroatoms. The highest BCUT2D eigenvalue weighted by Gasteiger charge is 2.22. The summed E-state index contributed by atoms with van der Waals surface area (Å²) in [5.74, 6) is 3.40. The van der Waals surface area contributed by atoms with Crippen molar-refractivity contribution < 1.29 is 19.0 Å². The lowest BCUT2D eigenvalue weighted by Gasteiger charge is -2.31. The molecule has 1 aliphatic rings. The fraction of sp³-hybridized carbons (Fsp3) is 0.455. The van der Waals surface area contributed by atoms with Gasteiger partial charge in [0.15, 0.2) is 11.5 Å². The molecule has 0 atom stereocenters. The van der Waals surface area contributed by atoms with Gasteiger partial charge in [0.2, 0.25) is 11.7 Å². The Kier molecular flexibility index (Phi) is 8.04. The highest BCUT2D eigenvalue weighted by Crippen LogP contribution is 2.38. The van der Waals surface area contributed by atoms with Crippen LogP contribution in [-0.2, 0) is 4.79 Å². The van der Waals surface area contributed by atoms with Gasteiger partial charge in [-0.25, -0.2) is 4.98 Å². The summed E-state index contributed by atoms with van der Waals surface area (Å²) < 4.78 is 17.2. The number of hydrogen-bond acceptors (Lipinski definition) is 7. The first kappa shape index (κ1) is 22.5. The highest BCUT2D eigenvalue weighted by atomic mass is 32.2. The number of carbonyl (C=O) groups excluding carboxylic acids is 1. The van der Waals surface area contributed by atoms with Gasteiger partial charge in [0, 0.05) is 36.0 Å². The summed E-state index contributed by atoms with van der Waals surface area (Å²) in [5, 5.41) is 2.09. The second kappa shape index (κ2) is 10.7. The fourth-order valence-corrected chi connectivity index (χ4v) is 5.44. The third-order valence-electron chi connectivity index (χ3n) is 5.07. The van der Waals surface area contributed by atoms with E-state index < -0.39 is 0 Å². The van der Waals surface area contributed by atoms with Gasteiger partial charge in [0.05, 0.1) is 21.3 Å². The third-order valence-corrected chi connectivity index (χ3v) is 7.44. The fourth-order valence-electron chi connectivity index (χ4n) is 3.38. The molecule has 6 nitrogen and oxygen atoms in total. The number of rotatable bonds is 8. The van der Waals surface area contributed by atoms with Gasteiger partial charge in [-0.05, 0) is 49.5 Å². The molecule has 0 radical (unpaired) electrons. The number of benzene rings is 1. The van der Waals surface area contributed by atoms with Gasteiger partial charge in [0.25, 0.3) is 0 Å². The predicted octanol–water partition coefficient (Wildman–Crippen LogP) is 4.52. The number of likely N-dealkylation sites (tertiary alicyclic amines) is 1. The van der Waals surface area contributed by atoms with Crippen LogP contribution < -0.4 is 14.2 Å². The Morgan fingerprint density at radius 3 is 2.40 bits per heavy atom. The van der Waals surface area contributed by atoms with Crippen LogP contribution in [0.2, 0.25) is 0 Å². The summed E-state index contributed by atoms with van der Waals surface area (Å²) in [6, 6.07) is 3.66. The minimum Gasteiger partial charge on any atom is -0.493 e. The summed E-state index contributed by atoms with van der Waals surface area (Å²) in [7, 11) is 4.72. The molecule has 1 aliphatic heterocycles. The van der Waals surface area contributed by atoms with Crippen LogP contribution in [0.5, 0.6) is 17.2 Å². The summed E-state index contributed by atoms with van der Waals surface area (Å²) in [6.45, 7) is 3.61. The second-order valence-electron chi connectivity index (χ2n) is 7.13. The van der Waals surface area contributed by atoms with Crippen molar-refractivity contribution in [1.29, 1.82) is 0 Å². The Morgan fingerprint density at radius 2 is 1.87 bits per heavy atom. The summed E-state index contributed by atoms with van der Waals surface area (Å²) in [4.78, 5) is 19.1. The minimum absolute atomic E-state index is 0.0328. The number of nitrogens with zero attached hydrogens (tertiary/aromatic N) is 2. The molecule has 1 fully saturated rings. The molecule has 162 valence electrons. The van der Waals surface area contributed by atoms with E-state index >= 15 is 0 Å². The van der Waals surface area contributed by atoms with E-state index in [2.05, 4.69) is 10.4 Å². The van der Waals surface area contributed by atoms with Crippen LogP contribution in [0.15, 0.2) is 27.9 Å². The Hall–Kier alpha value is -2.19. The molecule has 0 aliphatic carbocycles. The van der Waals surface area contributed by atoms with Crippen LogP contribution in [0.25, 0.3) is 6.08 Å². The molecule has 0 spiro atoms. The molecule has 1 amide bonds. The molecule has 2 aromatic rings. The first-order valence-electron chi connectivity index (χ1n) is 9.86. The van der Waals surface area contributed by atoms with E-state index in [0.717, 1.165) is 47.3 Å². The maximum Gasteiger partial charge on any atom is 0.246 e. The first-order valence-corrected chi connectivity index (χ1v) is 11.7. The van der Waals surface area contributed by atoms with Crippen molar-refractivity contribution in [2.24, 2.45) is 5.92 Å². The number of thioether (sulfide) groups is 1. The number of thiazole rings is 1. The molecule has 30 heavy (non-hydrogen) atoms. The van der Waals surface area contributed by atoms with Crippen molar-refractivity contribution in [3.8, 4) is 17.2 Å². The number of aryl methyl sites for hydroxylation is 1. The Labute approximate surface area is 186 Å². The molecule has 1 aromatic carbocycles. The van der Waals surface area contributed by atoms with E-state index in [-0.39, 0.29) is 5.91 Å². The number of ether oxygens (including phenoxy) is 3. The predicted molar refractivity (Wildman–Crippen MR) is 122 cm³/mol. The topological polar surface area (TPSA) is 60.9 Å². The second-order valence-corrected chi connectivity index (χ2v) is 9.25. The lowest BCUT2D eigenvalue weighted by atomic mass is 9.99. The van der Waals surface area contributed by atoms with Crippen molar-refractivity contribution in [3.63, 3.8) is 0 Å². The molecule has 0 bridgehead atoms. The standard InChI is InChI=1S/C22H28N2O4S2/c1-15-13-29-22(23-15)30-14-16-7-9-24(10-8-16)20(25)6-5-17-11-18(26-2)21(28-4)19(12-17)27-3/h5-6,11-13,16H,7-10,14H2,1-4H3. The third kappa shape index (κ3) is 5.70. The van der Waals surface area contributed by atoms with Crippen LogP contribution in [0, 0.1) is 12.8 Å². The van der Waals surface area contributed by atoms with E-state index in [1.165, 1.54) is 0 Å². The van der Waals surface area contributed by atoms with E-state index in [1.807, 2.05) is 35.7 Å². The van der Waals surface area contributed by atoms with Crippen LogP contribution in [0.4, 0.5) is 0 Å². The summed E-state index contributed by atoms with van der Waals surface area (Å²) >= 11 is 3.54.